The first-order chi connectivity index (χ1) is 8.83. The Morgan fingerprint density at radius 1 is 1.33 bits per heavy atom. The Bertz CT molecular complexity index is 529. The molecular formula is C15H18N2S. The lowest BCUT2D eigenvalue weighted by molar-refractivity contribution is 0.637. The molecule has 1 aromatic heterocycles. The standard InChI is InChI=1S/C15H18N2S/c1-11-4-2-3-5-13(11)14-10-18-15(17-14)9-16-8-12-6-7-12/h2-5,10,12,16H,6-9H2,1H3. The highest BCUT2D eigenvalue weighted by molar-refractivity contribution is 7.09. The maximum absolute atomic E-state index is 4.71. The minimum Gasteiger partial charge on any atom is -0.310 e. The van der Waals surface area contributed by atoms with Gasteiger partial charge in [0.1, 0.15) is 5.01 Å². The SMILES string of the molecule is Cc1ccccc1-c1csc(CNCC2CC2)n1. The van der Waals surface area contributed by atoms with Crippen LogP contribution in [0.3, 0.4) is 0 Å². The van der Waals surface area contributed by atoms with Crippen molar-refractivity contribution in [3.05, 3.63) is 40.2 Å². The fraction of sp³-hybridized carbons (Fsp3) is 0.400. The van der Waals surface area contributed by atoms with E-state index in [2.05, 4.69) is 41.9 Å². The van der Waals surface area contributed by atoms with Crippen molar-refractivity contribution < 1.29 is 0 Å². The molecule has 3 heteroatoms. The first-order valence-electron chi connectivity index (χ1n) is 6.54. The molecule has 1 aliphatic rings. The molecule has 1 fully saturated rings. The molecule has 1 aliphatic carbocycles. The Hall–Kier alpha value is -1.19. The molecule has 0 unspecified atom stereocenters. The fourth-order valence-electron chi connectivity index (χ4n) is 2.08. The smallest absolute Gasteiger partial charge is 0.107 e. The third-order valence-electron chi connectivity index (χ3n) is 3.38. The monoisotopic (exact) mass is 258 g/mol. The number of benzene rings is 1. The zero-order valence-electron chi connectivity index (χ0n) is 10.6. The fourth-order valence-corrected chi connectivity index (χ4v) is 2.85. The van der Waals surface area contributed by atoms with Crippen molar-refractivity contribution >= 4 is 11.3 Å². The van der Waals surface area contributed by atoms with Gasteiger partial charge in [0, 0.05) is 17.5 Å². The Kier molecular flexibility index (Phi) is 3.43. The minimum atomic E-state index is 0.910. The van der Waals surface area contributed by atoms with Gasteiger partial charge in [0.2, 0.25) is 0 Å². The molecule has 94 valence electrons. The van der Waals surface area contributed by atoms with Crippen molar-refractivity contribution in [2.45, 2.75) is 26.3 Å². The third kappa shape index (κ3) is 2.79. The Morgan fingerprint density at radius 3 is 2.94 bits per heavy atom. The lowest BCUT2D eigenvalue weighted by Crippen LogP contribution is -2.15. The zero-order chi connectivity index (χ0) is 12.4. The predicted octanol–water partition coefficient (Wildman–Crippen LogP) is 3.62. The van der Waals surface area contributed by atoms with E-state index in [1.165, 1.54) is 29.0 Å². The molecule has 2 nitrogen and oxygen atoms in total. The zero-order valence-corrected chi connectivity index (χ0v) is 11.5. The van der Waals surface area contributed by atoms with Gasteiger partial charge in [-0.05, 0) is 37.8 Å². The first-order valence-corrected chi connectivity index (χ1v) is 7.42. The summed E-state index contributed by atoms with van der Waals surface area (Å²) in [5.41, 5.74) is 3.66. The lowest BCUT2D eigenvalue weighted by atomic mass is 10.1. The predicted molar refractivity (Wildman–Crippen MR) is 76.7 cm³/mol. The van der Waals surface area contributed by atoms with E-state index in [1.54, 1.807) is 11.3 Å². The molecule has 1 saturated carbocycles. The summed E-state index contributed by atoms with van der Waals surface area (Å²) < 4.78 is 0. The molecule has 3 rings (SSSR count). The second kappa shape index (κ2) is 5.21. The number of nitrogens with zero attached hydrogens (tertiary/aromatic N) is 1. The normalized spacial score (nSPS) is 14.9. The topological polar surface area (TPSA) is 24.9 Å². The number of aryl methyl sites for hydroxylation is 1. The van der Waals surface area contributed by atoms with E-state index in [-0.39, 0.29) is 0 Å². The molecule has 1 heterocycles. The highest BCUT2D eigenvalue weighted by atomic mass is 32.1. The summed E-state index contributed by atoms with van der Waals surface area (Å²) in [5, 5.41) is 6.84. The van der Waals surface area contributed by atoms with Crippen molar-refractivity contribution in [2.75, 3.05) is 6.54 Å². The molecule has 0 amide bonds. The van der Waals surface area contributed by atoms with Gasteiger partial charge in [-0.3, -0.25) is 0 Å². The highest BCUT2D eigenvalue weighted by Gasteiger charge is 2.20. The van der Waals surface area contributed by atoms with Gasteiger partial charge in [0.05, 0.1) is 5.69 Å². The van der Waals surface area contributed by atoms with Crippen LogP contribution in [0.25, 0.3) is 11.3 Å². The highest BCUT2D eigenvalue weighted by Crippen LogP contribution is 2.28. The summed E-state index contributed by atoms with van der Waals surface area (Å²) >= 11 is 1.75. The van der Waals surface area contributed by atoms with Crippen molar-refractivity contribution in [2.24, 2.45) is 5.92 Å². The van der Waals surface area contributed by atoms with Crippen LogP contribution in [-0.2, 0) is 6.54 Å². The van der Waals surface area contributed by atoms with Gasteiger partial charge in [-0.1, -0.05) is 24.3 Å². The van der Waals surface area contributed by atoms with Gasteiger partial charge in [0.25, 0.3) is 0 Å². The maximum atomic E-state index is 4.71. The third-order valence-corrected chi connectivity index (χ3v) is 4.23. The van der Waals surface area contributed by atoms with Crippen LogP contribution in [0.1, 0.15) is 23.4 Å². The van der Waals surface area contributed by atoms with Crippen LogP contribution in [0.15, 0.2) is 29.6 Å². The number of aromatic nitrogens is 1. The van der Waals surface area contributed by atoms with Crippen molar-refractivity contribution in [3.63, 3.8) is 0 Å². The molecule has 1 aromatic carbocycles. The Balaban J connectivity index is 1.66. The van der Waals surface area contributed by atoms with Gasteiger partial charge >= 0.3 is 0 Å². The molecule has 0 atom stereocenters. The van der Waals surface area contributed by atoms with Gasteiger partial charge in [-0.2, -0.15) is 0 Å². The van der Waals surface area contributed by atoms with Crippen LogP contribution in [0.4, 0.5) is 0 Å². The number of rotatable bonds is 5. The average Bonchev–Trinajstić information content (AvgIpc) is 3.08. The maximum Gasteiger partial charge on any atom is 0.107 e. The second-order valence-corrected chi connectivity index (χ2v) is 5.96. The quantitative estimate of drug-likeness (QED) is 0.886. The number of hydrogen-bond donors (Lipinski definition) is 1. The summed E-state index contributed by atoms with van der Waals surface area (Å²) in [5.74, 6) is 0.931. The summed E-state index contributed by atoms with van der Waals surface area (Å²) in [4.78, 5) is 4.71. The summed E-state index contributed by atoms with van der Waals surface area (Å²) in [6, 6.07) is 8.43. The largest absolute Gasteiger partial charge is 0.310 e. The van der Waals surface area contributed by atoms with E-state index >= 15 is 0 Å². The van der Waals surface area contributed by atoms with Crippen LogP contribution in [0.5, 0.6) is 0 Å². The number of thiazole rings is 1. The van der Waals surface area contributed by atoms with Crippen molar-refractivity contribution in [1.82, 2.24) is 10.3 Å². The van der Waals surface area contributed by atoms with E-state index < -0.39 is 0 Å². The second-order valence-electron chi connectivity index (χ2n) is 5.02. The molecule has 1 N–H and O–H groups in total. The van der Waals surface area contributed by atoms with Crippen LogP contribution in [0, 0.1) is 12.8 Å². The molecule has 18 heavy (non-hydrogen) atoms. The molecule has 0 bridgehead atoms. The van der Waals surface area contributed by atoms with Crippen LogP contribution in [0.2, 0.25) is 0 Å². The van der Waals surface area contributed by atoms with Crippen molar-refractivity contribution in [1.29, 1.82) is 0 Å². The van der Waals surface area contributed by atoms with Gasteiger partial charge < -0.3 is 5.32 Å². The molecule has 0 spiro atoms. The minimum absolute atomic E-state index is 0.910. The first kappa shape index (κ1) is 11.9. The summed E-state index contributed by atoms with van der Waals surface area (Å²) in [6.07, 6.45) is 2.80. The Morgan fingerprint density at radius 2 is 2.17 bits per heavy atom. The van der Waals surface area contributed by atoms with Gasteiger partial charge in [-0.25, -0.2) is 4.98 Å². The van der Waals surface area contributed by atoms with E-state index in [1.807, 2.05) is 0 Å². The number of nitrogens with one attached hydrogen (secondary N) is 1. The van der Waals surface area contributed by atoms with Gasteiger partial charge in [0.15, 0.2) is 0 Å². The van der Waals surface area contributed by atoms with E-state index in [9.17, 15) is 0 Å². The van der Waals surface area contributed by atoms with Crippen LogP contribution >= 0.6 is 11.3 Å². The molecule has 0 radical (unpaired) electrons. The van der Waals surface area contributed by atoms with Crippen LogP contribution in [-0.4, -0.2) is 11.5 Å². The average molecular weight is 258 g/mol. The summed E-state index contributed by atoms with van der Waals surface area (Å²) in [6.45, 7) is 4.20. The van der Waals surface area contributed by atoms with Gasteiger partial charge in [-0.15, -0.1) is 11.3 Å². The molecule has 0 saturated heterocycles. The van der Waals surface area contributed by atoms with Crippen molar-refractivity contribution in [3.8, 4) is 11.3 Å². The Labute approximate surface area is 112 Å². The number of hydrogen-bond acceptors (Lipinski definition) is 3. The van der Waals surface area contributed by atoms with E-state index in [0.29, 0.717) is 0 Å². The summed E-state index contributed by atoms with van der Waals surface area (Å²) in [7, 11) is 0. The molecule has 2 aromatic rings. The molecular weight excluding hydrogens is 240 g/mol. The lowest BCUT2D eigenvalue weighted by Gasteiger charge is -2.01. The van der Waals surface area contributed by atoms with E-state index in [0.717, 1.165) is 24.7 Å². The van der Waals surface area contributed by atoms with E-state index in [4.69, 9.17) is 4.98 Å². The molecule has 0 aliphatic heterocycles. The van der Waals surface area contributed by atoms with Crippen LogP contribution < -0.4 is 5.32 Å².